The zero-order valence-electron chi connectivity index (χ0n) is 26.6. The molecule has 4 aliphatic heterocycles. The van der Waals surface area contributed by atoms with Crippen LogP contribution in [-0.2, 0) is 6.42 Å². The third-order valence-corrected chi connectivity index (χ3v) is 9.50. The summed E-state index contributed by atoms with van der Waals surface area (Å²) in [5, 5.41) is 13.1. The summed E-state index contributed by atoms with van der Waals surface area (Å²) in [5.74, 6) is 0.385. The molecule has 42 heavy (non-hydrogen) atoms. The third kappa shape index (κ3) is 4.00. The van der Waals surface area contributed by atoms with E-state index in [0.717, 1.165) is 108 Å². The predicted octanol–water partition coefficient (Wildman–Crippen LogP) is 7.99. The number of hydrogen-bond donors (Lipinski definition) is 2. The molecule has 0 aromatic carbocycles. The molecule has 5 heterocycles. The minimum atomic E-state index is 0.385. The van der Waals surface area contributed by atoms with E-state index in [1.165, 1.54) is 44.4 Å². The van der Waals surface area contributed by atoms with Crippen LogP contribution in [0.15, 0.2) is 55.3 Å². The Balaban J connectivity index is 1.81. The number of H-pyrrole nitrogens is 1. The Hall–Kier alpha value is -3.73. The van der Waals surface area contributed by atoms with E-state index in [9.17, 15) is 5.11 Å². The topological polar surface area (TPSA) is 73.6 Å². The van der Waals surface area contributed by atoms with Gasteiger partial charge in [0, 0.05) is 27.4 Å². The lowest BCUT2D eigenvalue weighted by Gasteiger charge is -2.14. The molecule has 1 aliphatic carbocycles. The van der Waals surface area contributed by atoms with E-state index in [-0.39, 0.29) is 0 Å². The van der Waals surface area contributed by atoms with Crippen LogP contribution < -0.4 is 10.7 Å². The van der Waals surface area contributed by atoms with Gasteiger partial charge in [0.05, 0.1) is 45.3 Å². The molecule has 1 aromatic heterocycles. The van der Waals surface area contributed by atoms with Crippen LogP contribution in [-0.4, -0.2) is 26.5 Å². The molecule has 0 spiro atoms. The lowest BCUT2D eigenvalue weighted by atomic mass is 9.89. The number of pyridine rings is 1. The van der Waals surface area contributed by atoms with Gasteiger partial charge in [0.15, 0.2) is 0 Å². The first-order valence-corrected chi connectivity index (χ1v) is 16.2. The standard InChI is InChI=1S/C37H44N4O/c1-9-19-17-20-18-28-29-30(37(29)42)36(39-28)27(16-8)35-24(13-5)23(12-4)34(41-35)26(15-7)33-22(11-3)21(10-2)32(40-33)25(14-6)31(19)38-20/h17-18,38H,9-16H2,1-8H3,(H,39,42). The van der Waals surface area contributed by atoms with E-state index >= 15 is 0 Å². The Morgan fingerprint density at radius 1 is 0.595 bits per heavy atom. The number of aromatic amines is 1. The van der Waals surface area contributed by atoms with Crippen LogP contribution >= 0.6 is 0 Å². The number of nitrogens with zero attached hydrogens (tertiary/aromatic N) is 3. The number of aliphatic imine (C=N–C) groups is 2. The van der Waals surface area contributed by atoms with Crippen molar-refractivity contribution in [1.29, 1.82) is 0 Å². The van der Waals surface area contributed by atoms with Crippen LogP contribution in [0.5, 0.6) is 5.75 Å². The molecular formula is C37H44N4O. The molecule has 1 aromatic rings. The summed E-state index contributed by atoms with van der Waals surface area (Å²) >= 11 is 0. The van der Waals surface area contributed by atoms with Gasteiger partial charge in [-0.15, -0.1) is 0 Å². The van der Waals surface area contributed by atoms with Gasteiger partial charge >= 0.3 is 0 Å². The monoisotopic (exact) mass is 560 g/mol. The number of aromatic nitrogens is 2. The molecule has 5 aliphatic rings. The number of fused-ring (bicyclic) bond motifs is 9. The number of hydrogen-bond acceptors (Lipinski definition) is 4. The van der Waals surface area contributed by atoms with E-state index in [0.29, 0.717) is 5.75 Å². The van der Waals surface area contributed by atoms with Gasteiger partial charge in [0.1, 0.15) is 5.75 Å². The maximum absolute atomic E-state index is 10.9. The highest BCUT2D eigenvalue weighted by Crippen LogP contribution is 2.57. The average molecular weight is 561 g/mol. The molecule has 0 fully saturated rings. The molecule has 8 bridgehead atoms. The summed E-state index contributed by atoms with van der Waals surface area (Å²) in [4.78, 5) is 19.9. The van der Waals surface area contributed by atoms with Crippen molar-refractivity contribution in [2.75, 3.05) is 0 Å². The second-order valence-corrected chi connectivity index (χ2v) is 11.5. The molecule has 0 atom stereocenters. The molecular weight excluding hydrogens is 516 g/mol. The minimum Gasteiger partial charge on any atom is -0.506 e. The quantitative estimate of drug-likeness (QED) is 0.293. The SMILES string of the molecule is CCC1=C(CC)C2=C(CC)C3=NC(=C(CC)c4nc(c5c(O)c4-5)C=c4cc(CC)c([nH]4)=C(CC)C1=N2)C(CC)=C3CC. The maximum atomic E-state index is 10.9. The largest absolute Gasteiger partial charge is 0.506 e. The van der Waals surface area contributed by atoms with Gasteiger partial charge < -0.3 is 10.1 Å². The Kier molecular flexibility index (Phi) is 7.32. The van der Waals surface area contributed by atoms with Crippen LogP contribution in [0.1, 0.15) is 117 Å². The van der Waals surface area contributed by atoms with E-state index in [2.05, 4.69) is 72.5 Å². The number of aryl methyl sites for hydroxylation is 1. The van der Waals surface area contributed by atoms with Crippen molar-refractivity contribution in [2.24, 2.45) is 9.98 Å². The van der Waals surface area contributed by atoms with Crippen molar-refractivity contribution >= 4 is 28.6 Å². The smallest absolute Gasteiger partial charge is 0.136 e. The number of rotatable bonds is 8. The highest BCUT2D eigenvalue weighted by molar-refractivity contribution is 6.30. The zero-order valence-corrected chi connectivity index (χ0v) is 26.6. The summed E-state index contributed by atoms with van der Waals surface area (Å²) in [7, 11) is 0. The molecule has 0 unspecified atom stereocenters. The van der Waals surface area contributed by atoms with E-state index in [1.54, 1.807) is 0 Å². The van der Waals surface area contributed by atoms with Crippen LogP contribution in [0.2, 0.25) is 0 Å². The van der Waals surface area contributed by atoms with Crippen LogP contribution in [0.25, 0.3) is 28.3 Å². The average Bonchev–Trinajstić information content (AvgIpc) is 3.43. The lowest BCUT2D eigenvalue weighted by Crippen LogP contribution is -2.20. The summed E-state index contributed by atoms with van der Waals surface area (Å²) in [6, 6.07) is 2.25. The van der Waals surface area contributed by atoms with E-state index < -0.39 is 0 Å². The fraction of sp³-hybridized carbons (Fsp3) is 0.432. The first-order chi connectivity index (χ1) is 20.4. The van der Waals surface area contributed by atoms with Crippen molar-refractivity contribution in [2.45, 2.75) is 107 Å². The van der Waals surface area contributed by atoms with Crippen LogP contribution in [0.3, 0.4) is 0 Å². The summed E-state index contributed by atoms with van der Waals surface area (Å²) < 4.78 is 0. The molecule has 0 amide bonds. The Morgan fingerprint density at radius 3 is 1.64 bits per heavy atom. The molecule has 218 valence electrons. The summed E-state index contributed by atoms with van der Waals surface area (Å²) in [6.07, 6.45) is 9.29. The van der Waals surface area contributed by atoms with Crippen molar-refractivity contribution in [1.82, 2.24) is 9.97 Å². The van der Waals surface area contributed by atoms with Gasteiger partial charge in [-0.1, -0.05) is 55.4 Å². The van der Waals surface area contributed by atoms with Gasteiger partial charge in [-0.05, 0) is 91.4 Å². The summed E-state index contributed by atoms with van der Waals surface area (Å²) in [6.45, 7) is 17.9. The molecule has 0 radical (unpaired) electrons. The zero-order chi connectivity index (χ0) is 29.9. The summed E-state index contributed by atoms with van der Waals surface area (Å²) in [5.41, 5.74) is 18.3. The lowest BCUT2D eigenvalue weighted by molar-refractivity contribution is 0.494. The maximum Gasteiger partial charge on any atom is 0.136 e. The Bertz CT molecular complexity index is 1850. The van der Waals surface area contributed by atoms with Crippen LogP contribution in [0, 0.1) is 0 Å². The number of allylic oxidation sites excluding steroid dienone is 6. The Labute approximate surface area is 250 Å². The van der Waals surface area contributed by atoms with Crippen LogP contribution in [0.4, 0.5) is 0 Å². The molecule has 5 nitrogen and oxygen atoms in total. The first-order valence-electron chi connectivity index (χ1n) is 16.2. The van der Waals surface area contributed by atoms with Crippen molar-refractivity contribution < 1.29 is 5.11 Å². The minimum absolute atomic E-state index is 0.385. The van der Waals surface area contributed by atoms with E-state index in [4.69, 9.17) is 15.0 Å². The number of aromatic hydroxyl groups is 1. The highest BCUT2D eigenvalue weighted by atomic mass is 16.3. The van der Waals surface area contributed by atoms with Crippen molar-refractivity contribution in [3.05, 3.63) is 73.0 Å². The highest BCUT2D eigenvalue weighted by Gasteiger charge is 2.38. The molecule has 0 saturated carbocycles. The van der Waals surface area contributed by atoms with Gasteiger partial charge in [-0.2, -0.15) is 0 Å². The van der Waals surface area contributed by atoms with Gasteiger partial charge in [-0.3, -0.25) is 0 Å². The van der Waals surface area contributed by atoms with Gasteiger partial charge in [-0.25, -0.2) is 15.0 Å². The predicted molar refractivity (Wildman–Crippen MR) is 176 cm³/mol. The van der Waals surface area contributed by atoms with Gasteiger partial charge in [0.25, 0.3) is 0 Å². The van der Waals surface area contributed by atoms with E-state index in [1.807, 2.05) is 0 Å². The second kappa shape index (κ2) is 10.8. The first kappa shape index (κ1) is 28.4. The fourth-order valence-electron chi connectivity index (χ4n) is 7.45. The molecule has 2 N–H and O–H groups in total. The van der Waals surface area contributed by atoms with Gasteiger partial charge in [0.2, 0.25) is 0 Å². The third-order valence-electron chi connectivity index (χ3n) is 9.50. The molecule has 5 heteroatoms. The normalized spacial score (nSPS) is 17.5. The van der Waals surface area contributed by atoms with Crippen molar-refractivity contribution in [3.63, 3.8) is 0 Å². The Morgan fingerprint density at radius 2 is 1.12 bits per heavy atom. The number of nitrogens with one attached hydrogen (secondary N) is 1. The molecule has 6 rings (SSSR count). The van der Waals surface area contributed by atoms with Crippen molar-refractivity contribution in [3.8, 4) is 16.9 Å². The second-order valence-electron chi connectivity index (χ2n) is 11.5. The fourth-order valence-corrected chi connectivity index (χ4v) is 7.45. The molecule has 0 saturated heterocycles.